The molecule has 3 saturated heterocycles. The van der Waals surface area contributed by atoms with E-state index in [0.717, 1.165) is 37.8 Å². The number of carbonyl (C=O) groups is 3. The highest BCUT2D eigenvalue weighted by Gasteiger charge is 2.62. The van der Waals surface area contributed by atoms with Crippen LogP contribution in [0.3, 0.4) is 0 Å². The van der Waals surface area contributed by atoms with Crippen LogP contribution in [0.4, 0.5) is 13.6 Å². The van der Waals surface area contributed by atoms with Crippen LogP contribution in [0.15, 0.2) is 30.3 Å². The molecule has 0 aromatic heterocycles. The lowest BCUT2D eigenvalue weighted by molar-refractivity contribution is -0.137. The molecule has 1 spiro atoms. The molecule has 5 fully saturated rings. The molecule has 2 saturated carbocycles. The Morgan fingerprint density at radius 1 is 1.00 bits per heavy atom. The van der Waals surface area contributed by atoms with Crippen molar-refractivity contribution in [3.05, 3.63) is 35.9 Å². The third-order valence-corrected chi connectivity index (χ3v) is 10.3. The maximum absolute atomic E-state index is 13.7. The Hall–Kier alpha value is -2.55. The second-order valence-corrected chi connectivity index (χ2v) is 12.8. The topological polar surface area (TPSA) is 73.0 Å². The standard InChI is InChI=1S/C31H42F2N4O3/c1-2-35-28(39)30(37(29(35)40)20-21-8-9-21)18-24-10-11-25(19-30)36(24)17-14-26(22-6-4-3-5-7-22)34-27(38)23-12-15-31(32,33)16-13-23/h3-7,21,23-26H,2,8-20H2,1H3,(H,34,38)/t24?,25?,26-,30?/m0/s1. The van der Waals surface area contributed by atoms with Gasteiger partial charge in [-0.15, -0.1) is 0 Å². The van der Waals surface area contributed by atoms with E-state index in [1.54, 1.807) is 0 Å². The molecule has 3 atom stereocenters. The fourth-order valence-corrected chi connectivity index (χ4v) is 7.83. The number of urea groups is 1. The van der Waals surface area contributed by atoms with Crippen molar-refractivity contribution in [3.8, 4) is 0 Å². The first-order chi connectivity index (χ1) is 19.2. The number of imide groups is 1. The van der Waals surface area contributed by atoms with Crippen LogP contribution in [0.25, 0.3) is 0 Å². The molecule has 2 unspecified atom stereocenters. The third kappa shape index (κ3) is 5.14. The van der Waals surface area contributed by atoms with Crippen LogP contribution in [0, 0.1) is 11.8 Å². The number of nitrogens with one attached hydrogen (secondary N) is 1. The zero-order chi connectivity index (χ0) is 28.1. The van der Waals surface area contributed by atoms with Crippen LogP contribution in [0.1, 0.15) is 89.2 Å². The first-order valence-corrected chi connectivity index (χ1v) is 15.3. The zero-order valence-corrected chi connectivity index (χ0v) is 23.5. The maximum Gasteiger partial charge on any atom is 0.327 e. The summed E-state index contributed by atoms with van der Waals surface area (Å²) in [6.07, 6.45) is 6.33. The van der Waals surface area contributed by atoms with Crippen LogP contribution in [-0.2, 0) is 9.59 Å². The average molecular weight is 557 g/mol. The molecule has 3 aliphatic heterocycles. The minimum absolute atomic E-state index is 0.00955. The van der Waals surface area contributed by atoms with E-state index in [4.69, 9.17) is 0 Å². The number of halogens is 2. The van der Waals surface area contributed by atoms with E-state index in [-0.39, 0.29) is 67.6 Å². The van der Waals surface area contributed by atoms with E-state index in [9.17, 15) is 23.2 Å². The number of nitrogens with zero attached hydrogens (tertiary/aromatic N) is 3. The first-order valence-electron chi connectivity index (χ1n) is 15.3. The first kappa shape index (κ1) is 27.6. The van der Waals surface area contributed by atoms with Gasteiger partial charge < -0.3 is 10.2 Å². The van der Waals surface area contributed by atoms with Gasteiger partial charge in [0.15, 0.2) is 0 Å². The average Bonchev–Trinajstić information content (AvgIpc) is 3.70. The van der Waals surface area contributed by atoms with Gasteiger partial charge >= 0.3 is 6.03 Å². The molecule has 40 heavy (non-hydrogen) atoms. The summed E-state index contributed by atoms with van der Waals surface area (Å²) in [4.78, 5) is 46.0. The summed E-state index contributed by atoms with van der Waals surface area (Å²) in [6, 6.07) is 10.0. The number of piperidine rings is 1. The number of hydrogen-bond donors (Lipinski definition) is 1. The van der Waals surface area contributed by atoms with Gasteiger partial charge in [-0.2, -0.15) is 0 Å². The SMILES string of the molecule is CCN1C(=O)N(CC2CC2)C2(CC3CCC(C2)N3CC[C@H](NC(=O)C2CCC(F)(F)CC2)c2ccccc2)C1=O. The third-order valence-electron chi connectivity index (χ3n) is 10.3. The lowest BCUT2D eigenvalue weighted by Gasteiger charge is -2.47. The number of fused-ring (bicyclic) bond motifs is 2. The van der Waals surface area contributed by atoms with E-state index in [2.05, 4.69) is 10.2 Å². The van der Waals surface area contributed by atoms with E-state index in [1.165, 1.54) is 4.90 Å². The van der Waals surface area contributed by atoms with Gasteiger partial charge in [0.25, 0.3) is 5.91 Å². The number of hydrogen-bond acceptors (Lipinski definition) is 4. The molecule has 0 radical (unpaired) electrons. The van der Waals surface area contributed by atoms with Crippen molar-refractivity contribution in [2.45, 2.75) is 107 Å². The Morgan fingerprint density at radius 3 is 2.25 bits per heavy atom. The van der Waals surface area contributed by atoms with Crippen LogP contribution in [0.5, 0.6) is 0 Å². The minimum Gasteiger partial charge on any atom is -0.349 e. The molecule has 7 nitrogen and oxygen atoms in total. The fourth-order valence-electron chi connectivity index (χ4n) is 7.83. The Morgan fingerprint density at radius 2 is 1.65 bits per heavy atom. The second-order valence-electron chi connectivity index (χ2n) is 12.8. The van der Waals surface area contributed by atoms with Crippen LogP contribution in [0.2, 0.25) is 0 Å². The van der Waals surface area contributed by atoms with Crippen molar-refractivity contribution >= 4 is 17.8 Å². The predicted octanol–water partition coefficient (Wildman–Crippen LogP) is 5.12. The summed E-state index contributed by atoms with van der Waals surface area (Å²) in [6.45, 7) is 3.76. The Kier molecular flexibility index (Phi) is 7.38. The maximum atomic E-state index is 13.7. The molecule has 1 aromatic carbocycles. The molecule has 6 rings (SSSR count). The fraction of sp³-hybridized carbons (Fsp3) is 0.710. The van der Waals surface area contributed by atoms with Crippen molar-refractivity contribution in [2.24, 2.45) is 11.8 Å². The monoisotopic (exact) mass is 556 g/mol. The van der Waals surface area contributed by atoms with Gasteiger partial charge in [-0.05, 0) is 76.2 Å². The zero-order valence-electron chi connectivity index (χ0n) is 23.5. The molecule has 1 aromatic rings. The summed E-state index contributed by atoms with van der Waals surface area (Å²) in [5, 5.41) is 3.21. The number of amides is 4. The van der Waals surface area contributed by atoms with Crippen LogP contribution >= 0.6 is 0 Å². The molecular weight excluding hydrogens is 514 g/mol. The van der Waals surface area contributed by atoms with Crippen molar-refractivity contribution in [2.75, 3.05) is 19.6 Å². The van der Waals surface area contributed by atoms with Crippen molar-refractivity contribution in [1.29, 1.82) is 0 Å². The molecule has 218 valence electrons. The molecule has 1 N–H and O–H groups in total. The van der Waals surface area contributed by atoms with E-state index < -0.39 is 11.5 Å². The Balaban J connectivity index is 1.14. The van der Waals surface area contributed by atoms with Gasteiger partial charge in [-0.1, -0.05) is 30.3 Å². The summed E-state index contributed by atoms with van der Waals surface area (Å²) in [5.74, 6) is -2.65. The van der Waals surface area contributed by atoms with E-state index >= 15 is 0 Å². The van der Waals surface area contributed by atoms with Crippen LogP contribution in [-0.4, -0.2) is 75.7 Å². The normalized spacial score (nSPS) is 31.3. The van der Waals surface area contributed by atoms with Crippen molar-refractivity contribution in [3.63, 3.8) is 0 Å². The second kappa shape index (κ2) is 10.7. The molecule has 9 heteroatoms. The summed E-state index contributed by atoms with van der Waals surface area (Å²) >= 11 is 0. The van der Waals surface area contributed by atoms with Gasteiger partial charge in [0, 0.05) is 50.5 Å². The number of benzene rings is 1. The Labute approximate surface area is 235 Å². The number of rotatable bonds is 9. The molecule has 5 aliphatic rings. The highest BCUT2D eigenvalue weighted by atomic mass is 19.3. The van der Waals surface area contributed by atoms with Gasteiger partial charge in [-0.25, -0.2) is 13.6 Å². The summed E-state index contributed by atoms with van der Waals surface area (Å²) in [5.41, 5.74) is 0.303. The Bertz CT molecular complexity index is 1100. The molecule has 4 amide bonds. The van der Waals surface area contributed by atoms with Gasteiger partial charge in [-0.3, -0.25) is 19.4 Å². The number of carbonyl (C=O) groups excluding carboxylic acids is 3. The van der Waals surface area contributed by atoms with Gasteiger partial charge in [0.1, 0.15) is 5.54 Å². The van der Waals surface area contributed by atoms with Crippen molar-refractivity contribution in [1.82, 2.24) is 20.0 Å². The number of alkyl halides is 2. The molecule has 2 aliphatic carbocycles. The molecule has 2 bridgehead atoms. The van der Waals surface area contributed by atoms with E-state index in [1.807, 2.05) is 42.2 Å². The lowest BCUT2D eigenvalue weighted by atomic mass is 9.81. The summed E-state index contributed by atoms with van der Waals surface area (Å²) in [7, 11) is 0. The van der Waals surface area contributed by atoms with Gasteiger partial charge in [0.05, 0.1) is 6.04 Å². The quantitative estimate of drug-likeness (QED) is 0.429. The molecular formula is C31H42F2N4O3. The smallest absolute Gasteiger partial charge is 0.327 e. The van der Waals surface area contributed by atoms with E-state index in [0.29, 0.717) is 38.3 Å². The molecule has 3 heterocycles. The highest BCUT2D eigenvalue weighted by molar-refractivity contribution is 6.07. The number of likely N-dealkylation sites (N-methyl/N-ethyl adjacent to an activating group) is 1. The largest absolute Gasteiger partial charge is 0.349 e. The predicted molar refractivity (Wildman–Crippen MR) is 147 cm³/mol. The lowest BCUT2D eigenvalue weighted by Crippen LogP contribution is -2.60. The highest BCUT2D eigenvalue weighted by Crippen LogP contribution is 2.49. The van der Waals surface area contributed by atoms with Gasteiger partial charge in [0.2, 0.25) is 11.8 Å². The van der Waals surface area contributed by atoms with Crippen molar-refractivity contribution < 1.29 is 23.2 Å². The van der Waals surface area contributed by atoms with Crippen LogP contribution < -0.4 is 5.32 Å². The minimum atomic E-state index is -2.66. The summed E-state index contributed by atoms with van der Waals surface area (Å²) < 4.78 is 27.4.